The van der Waals surface area contributed by atoms with Gasteiger partial charge < -0.3 is 9.84 Å². The lowest BCUT2D eigenvalue weighted by Gasteiger charge is -2.14. The van der Waals surface area contributed by atoms with Gasteiger partial charge in [-0.15, -0.1) is 0 Å². The quantitative estimate of drug-likeness (QED) is 0.879. The van der Waals surface area contributed by atoms with Gasteiger partial charge in [0, 0.05) is 11.3 Å². The molecule has 0 saturated heterocycles. The van der Waals surface area contributed by atoms with Crippen LogP contribution in [0.3, 0.4) is 0 Å². The van der Waals surface area contributed by atoms with Gasteiger partial charge in [0.05, 0.1) is 12.8 Å². The van der Waals surface area contributed by atoms with Crippen LogP contribution in [-0.2, 0) is 0 Å². The number of aliphatic hydroxyl groups excluding tert-OH is 1. The number of aryl methyl sites for hydroxylation is 1. The van der Waals surface area contributed by atoms with Gasteiger partial charge in [0.1, 0.15) is 11.9 Å². The van der Waals surface area contributed by atoms with E-state index in [0.29, 0.717) is 11.4 Å². The van der Waals surface area contributed by atoms with Crippen LogP contribution in [0.5, 0.6) is 5.75 Å². The van der Waals surface area contributed by atoms with Gasteiger partial charge in [-0.05, 0) is 25.1 Å². The molecular weight excluding hydrogens is 214 g/mol. The van der Waals surface area contributed by atoms with E-state index in [9.17, 15) is 5.11 Å². The number of pyridine rings is 1. The molecule has 2 rings (SSSR count). The summed E-state index contributed by atoms with van der Waals surface area (Å²) in [4.78, 5) is 4.32. The number of para-hydroxylation sites is 1. The van der Waals surface area contributed by atoms with E-state index in [2.05, 4.69) is 4.98 Å². The Hall–Kier alpha value is -1.87. The summed E-state index contributed by atoms with van der Waals surface area (Å²) in [6.07, 6.45) is -0.758. The van der Waals surface area contributed by atoms with Crippen LogP contribution >= 0.6 is 0 Å². The molecule has 0 fully saturated rings. The van der Waals surface area contributed by atoms with E-state index in [4.69, 9.17) is 4.74 Å². The molecule has 2 aromatic rings. The molecule has 0 aliphatic heterocycles. The van der Waals surface area contributed by atoms with Gasteiger partial charge in [0.15, 0.2) is 0 Å². The maximum Gasteiger partial charge on any atom is 0.125 e. The van der Waals surface area contributed by atoms with Crippen LogP contribution in [0.2, 0.25) is 0 Å². The highest BCUT2D eigenvalue weighted by Gasteiger charge is 2.15. The molecule has 0 aliphatic carbocycles. The second kappa shape index (κ2) is 4.97. The van der Waals surface area contributed by atoms with Crippen LogP contribution in [0, 0.1) is 6.92 Å². The average molecular weight is 229 g/mol. The molecule has 1 N–H and O–H groups in total. The molecule has 1 aromatic carbocycles. The summed E-state index contributed by atoms with van der Waals surface area (Å²) >= 11 is 0. The Morgan fingerprint density at radius 1 is 1.12 bits per heavy atom. The van der Waals surface area contributed by atoms with Crippen LogP contribution in [0.4, 0.5) is 0 Å². The summed E-state index contributed by atoms with van der Waals surface area (Å²) in [5, 5.41) is 10.3. The number of benzene rings is 1. The first-order valence-corrected chi connectivity index (χ1v) is 5.47. The highest BCUT2D eigenvalue weighted by atomic mass is 16.5. The van der Waals surface area contributed by atoms with Gasteiger partial charge in [0.25, 0.3) is 0 Å². The molecule has 0 radical (unpaired) electrons. The highest BCUT2D eigenvalue weighted by Crippen LogP contribution is 2.28. The topological polar surface area (TPSA) is 42.4 Å². The molecule has 0 amide bonds. The van der Waals surface area contributed by atoms with E-state index >= 15 is 0 Å². The number of methoxy groups -OCH3 is 1. The van der Waals surface area contributed by atoms with Crippen molar-refractivity contribution in [2.24, 2.45) is 0 Å². The third-order valence-electron chi connectivity index (χ3n) is 2.62. The molecule has 3 heteroatoms. The van der Waals surface area contributed by atoms with Crippen molar-refractivity contribution < 1.29 is 9.84 Å². The minimum Gasteiger partial charge on any atom is -0.496 e. The summed E-state index contributed by atoms with van der Waals surface area (Å²) in [5.74, 6) is 0.670. The lowest BCUT2D eigenvalue weighted by molar-refractivity contribution is 0.209. The number of aliphatic hydroxyl groups is 1. The summed E-state index contributed by atoms with van der Waals surface area (Å²) in [7, 11) is 1.59. The molecule has 0 spiro atoms. The molecule has 1 unspecified atom stereocenters. The van der Waals surface area contributed by atoms with Gasteiger partial charge >= 0.3 is 0 Å². The fourth-order valence-corrected chi connectivity index (χ4v) is 1.77. The zero-order chi connectivity index (χ0) is 12.3. The molecule has 88 valence electrons. The minimum absolute atomic E-state index is 0.634. The Balaban J connectivity index is 2.40. The number of hydrogen-bond donors (Lipinski definition) is 1. The molecule has 0 bridgehead atoms. The van der Waals surface area contributed by atoms with Gasteiger partial charge in [-0.25, -0.2) is 0 Å². The summed E-state index contributed by atoms with van der Waals surface area (Å²) in [6.45, 7) is 1.90. The highest BCUT2D eigenvalue weighted by molar-refractivity contribution is 5.38. The first kappa shape index (κ1) is 11.6. The third kappa shape index (κ3) is 2.45. The number of ether oxygens (including phenoxy) is 1. The number of hydrogen-bond acceptors (Lipinski definition) is 3. The van der Waals surface area contributed by atoms with Crippen LogP contribution < -0.4 is 4.74 Å². The fourth-order valence-electron chi connectivity index (χ4n) is 1.77. The molecule has 1 heterocycles. The summed E-state index contributed by atoms with van der Waals surface area (Å²) in [5.41, 5.74) is 2.25. The van der Waals surface area contributed by atoms with Crippen molar-refractivity contribution in [1.29, 1.82) is 0 Å². The SMILES string of the molecule is COc1ccccc1C(O)c1cccc(C)n1. The number of aromatic nitrogens is 1. The summed E-state index contributed by atoms with van der Waals surface area (Å²) < 4.78 is 5.23. The standard InChI is InChI=1S/C14H15NO2/c1-10-6-5-8-12(15-10)14(16)11-7-3-4-9-13(11)17-2/h3-9,14,16H,1-2H3. The molecule has 17 heavy (non-hydrogen) atoms. The van der Waals surface area contributed by atoms with Gasteiger partial charge in [-0.2, -0.15) is 0 Å². The Morgan fingerprint density at radius 2 is 1.88 bits per heavy atom. The van der Waals surface area contributed by atoms with Crippen LogP contribution in [0.15, 0.2) is 42.5 Å². The van der Waals surface area contributed by atoms with Gasteiger partial charge in [-0.1, -0.05) is 24.3 Å². The monoisotopic (exact) mass is 229 g/mol. The second-order valence-corrected chi connectivity index (χ2v) is 3.85. The predicted molar refractivity (Wildman–Crippen MR) is 66.0 cm³/mol. The maximum absolute atomic E-state index is 10.3. The van der Waals surface area contributed by atoms with Crippen molar-refractivity contribution in [3.05, 3.63) is 59.4 Å². The normalized spacial score (nSPS) is 12.2. The molecule has 3 nitrogen and oxygen atoms in total. The Bertz CT molecular complexity index is 511. The first-order chi connectivity index (χ1) is 8.22. The first-order valence-electron chi connectivity index (χ1n) is 5.47. The average Bonchev–Trinajstić information content (AvgIpc) is 2.38. The van der Waals surface area contributed by atoms with Crippen molar-refractivity contribution in [2.45, 2.75) is 13.0 Å². The molecule has 1 atom stereocenters. The van der Waals surface area contributed by atoms with E-state index in [-0.39, 0.29) is 0 Å². The van der Waals surface area contributed by atoms with Crippen LogP contribution in [0.25, 0.3) is 0 Å². The van der Waals surface area contributed by atoms with Crippen molar-refractivity contribution in [3.63, 3.8) is 0 Å². The van der Waals surface area contributed by atoms with Crippen LogP contribution in [-0.4, -0.2) is 17.2 Å². The molecular formula is C14H15NO2. The van der Waals surface area contributed by atoms with Crippen molar-refractivity contribution in [3.8, 4) is 5.75 Å². The van der Waals surface area contributed by atoms with Crippen molar-refractivity contribution >= 4 is 0 Å². The van der Waals surface area contributed by atoms with Gasteiger partial charge in [0.2, 0.25) is 0 Å². The van der Waals surface area contributed by atoms with Crippen molar-refractivity contribution in [2.75, 3.05) is 7.11 Å². The van der Waals surface area contributed by atoms with E-state index in [1.165, 1.54) is 0 Å². The molecule has 0 aliphatic rings. The van der Waals surface area contributed by atoms with E-state index in [1.807, 2.05) is 49.4 Å². The van der Waals surface area contributed by atoms with E-state index in [0.717, 1.165) is 11.3 Å². The van der Waals surface area contributed by atoms with Crippen LogP contribution in [0.1, 0.15) is 23.1 Å². The minimum atomic E-state index is -0.758. The Kier molecular flexibility index (Phi) is 3.40. The zero-order valence-corrected chi connectivity index (χ0v) is 9.92. The number of rotatable bonds is 3. The van der Waals surface area contributed by atoms with E-state index in [1.54, 1.807) is 7.11 Å². The lowest BCUT2D eigenvalue weighted by atomic mass is 10.0. The maximum atomic E-state index is 10.3. The molecule has 0 saturated carbocycles. The number of nitrogens with zero attached hydrogens (tertiary/aromatic N) is 1. The predicted octanol–water partition coefficient (Wildman–Crippen LogP) is 2.48. The summed E-state index contributed by atoms with van der Waals surface area (Å²) in [6, 6.07) is 13.0. The molecule has 1 aromatic heterocycles. The van der Waals surface area contributed by atoms with Crippen molar-refractivity contribution in [1.82, 2.24) is 4.98 Å². The largest absolute Gasteiger partial charge is 0.496 e. The van der Waals surface area contributed by atoms with Gasteiger partial charge in [-0.3, -0.25) is 4.98 Å². The Labute approximate surface area is 101 Å². The third-order valence-corrected chi connectivity index (χ3v) is 2.62. The van der Waals surface area contributed by atoms with E-state index < -0.39 is 6.10 Å². The second-order valence-electron chi connectivity index (χ2n) is 3.85. The fraction of sp³-hybridized carbons (Fsp3) is 0.214. The zero-order valence-electron chi connectivity index (χ0n) is 9.92. The lowest BCUT2D eigenvalue weighted by Crippen LogP contribution is -2.04. The smallest absolute Gasteiger partial charge is 0.125 e. The Morgan fingerprint density at radius 3 is 2.59 bits per heavy atom.